The summed E-state index contributed by atoms with van der Waals surface area (Å²) in [5.74, 6) is -0.0460. The van der Waals surface area contributed by atoms with Gasteiger partial charge in [0.15, 0.2) is 0 Å². The topological polar surface area (TPSA) is 144 Å². The number of nitrogens with zero attached hydrogens (tertiary/aromatic N) is 1. The van der Waals surface area contributed by atoms with Gasteiger partial charge < -0.3 is 19.9 Å². The van der Waals surface area contributed by atoms with Gasteiger partial charge >= 0.3 is 5.97 Å². The number of aromatic nitrogens is 1. The van der Waals surface area contributed by atoms with E-state index in [2.05, 4.69) is 15.0 Å². The van der Waals surface area contributed by atoms with Gasteiger partial charge in [0, 0.05) is 23.3 Å². The summed E-state index contributed by atoms with van der Waals surface area (Å²) < 4.78 is 40.4. The molecule has 1 fully saturated rings. The van der Waals surface area contributed by atoms with Crippen molar-refractivity contribution in [3.05, 3.63) is 119 Å². The van der Waals surface area contributed by atoms with Crippen molar-refractivity contribution in [1.82, 2.24) is 9.71 Å². The summed E-state index contributed by atoms with van der Waals surface area (Å²) in [6.07, 6.45) is 4.13. The zero-order valence-electron chi connectivity index (χ0n) is 24.9. The van der Waals surface area contributed by atoms with Crippen LogP contribution in [0.2, 0.25) is 5.02 Å². The van der Waals surface area contributed by atoms with E-state index in [9.17, 15) is 23.1 Å². The summed E-state index contributed by atoms with van der Waals surface area (Å²) in [6, 6.07) is 26.7. The second kappa shape index (κ2) is 13.8. The highest BCUT2D eigenvalue weighted by molar-refractivity contribution is 7.89. The Morgan fingerprint density at radius 2 is 1.51 bits per heavy atom. The molecule has 0 unspecified atom stereocenters. The molecule has 3 N–H and O–H groups in total. The van der Waals surface area contributed by atoms with E-state index in [-0.39, 0.29) is 39.7 Å². The number of para-hydroxylation sites is 1. The molecule has 12 heteroatoms. The van der Waals surface area contributed by atoms with Crippen LogP contribution >= 0.6 is 11.6 Å². The molecule has 10 nitrogen and oxygen atoms in total. The number of benzene rings is 4. The van der Waals surface area contributed by atoms with Crippen molar-refractivity contribution in [3.63, 3.8) is 0 Å². The summed E-state index contributed by atoms with van der Waals surface area (Å²) in [6.45, 7) is 0. The lowest BCUT2D eigenvalue weighted by atomic mass is 9.93. The first kappa shape index (κ1) is 32.0. The van der Waals surface area contributed by atoms with Crippen LogP contribution in [0.4, 0.5) is 5.69 Å². The Labute approximate surface area is 276 Å². The van der Waals surface area contributed by atoms with Gasteiger partial charge in [-0.3, -0.25) is 4.79 Å². The van der Waals surface area contributed by atoms with Gasteiger partial charge in [0.05, 0.1) is 27.8 Å². The maximum atomic E-state index is 12.7. The molecule has 1 aromatic heterocycles. The maximum absolute atomic E-state index is 12.7. The number of carbonyl (C=O) groups is 2. The van der Waals surface area contributed by atoms with Crippen LogP contribution in [0.5, 0.6) is 17.4 Å². The lowest BCUT2D eigenvalue weighted by Gasteiger charge is -2.29. The van der Waals surface area contributed by atoms with Crippen molar-refractivity contribution < 1.29 is 32.6 Å². The number of ether oxygens (including phenoxy) is 2. The molecular weight excluding hydrogens is 642 g/mol. The molecule has 0 atom stereocenters. The molecule has 1 aliphatic carbocycles. The fourth-order valence-electron chi connectivity index (χ4n) is 5.40. The first-order valence-electron chi connectivity index (χ1n) is 14.9. The molecular formula is C35H30ClN3O7S. The van der Waals surface area contributed by atoms with Gasteiger partial charge in [0.2, 0.25) is 15.9 Å². The molecule has 0 aliphatic heterocycles. The lowest BCUT2D eigenvalue weighted by Crippen LogP contribution is -2.39. The van der Waals surface area contributed by atoms with Gasteiger partial charge in [0.25, 0.3) is 5.91 Å². The number of aromatic carboxylic acids is 1. The first-order valence-corrected chi connectivity index (χ1v) is 16.7. The average Bonchev–Trinajstić information content (AvgIpc) is 3.06. The third-order valence-corrected chi connectivity index (χ3v) is 9.62. The number of hydrogen-bond donors (Lipinski definition) is 3. The molecule has 1 saturated carbocycles. The minimum absolute atomic E-state index is 0.00924. The highest BCUT2D eigenvalue weighted by Crippen LogP contribution is 2.30. The Kier molecular flexibility index (Phi) is 9.39. The Balaban J connectivity index is 1.02. The fourth-order valence-corrected chi connectivity index (χ4v) is 6.83. The Bertz CT molecular complexity index is 2030. The highest BCUT2D eigenvalue weighted by Gasteiger charge is 2.27. The number of rotatable bonds is 10. The van der Waals surface area contributed by atoms with E-state index in [4.69, 9.17) is 21.1 Å². The van der Waals surface area contributed by atoms with E-state index in [1.807, 2.05) is 36.4 Å². The second-order valence-electron chi connectivity index (χ2n) is 11.1. The summed E-state index contributed by atoms with van der Waals surface area (Å²) >= 11 is 5.89. The van der Waals surface area contributed by atoms with Crippen LogP contribution < -0.4 is 19.5 Å². The van der Waals surface area contributed by atoms with Crippen LogP contribution in [0.15, 0.2) is 108 Å². The number of carboxylic acids is 1. The van der Waals surface area contributed by atoms with Gasteiger partial charge in [-0.25, -0.2) is 22.9 Å². The van der Waals surface area contributed by atoms with Gasteiger partial charge in [-0.05, 0) is 103 Å². The molecule has 5 aromatic rings. The monoisotopic (exact) mass is 671 g/mol. The Hall–Kier alpha value is -4.97. The molecule has 4 aromatic carbocycles. The zero-order valence-corrected chi connectivity index (χ0v) is 26.5. The normalized spacial score (nSPS) is 16.4. The van der Waals surface area contributed by atoms with Crippen LogP contribution in [-0.2, 0) is 10.0 Å². The largest absolute Gasteiger partial charge is 0.490 e. The number of amides is 1. The van der Waals surface area contributed by atoms with E-state index >= 15 is 0 Å². The summed E-state index contributed by atoms with van der Waals surface area (Å²) in [5.41, 5.74) is 0.430. The number of halogens is 1. The molecule has 6 rings (SSSR count). The molecule has 0 bridgehead atoms. The van der Waals surface area contributed by atoms with Crippen molar-refractivity contribution in [1.29, 1.82) is 0 Å². The van der Waals surface area contributed by atoms with Crippen molar-refractivity contribution in [2.75, 3.05) is 5.32 Å². The molecule has 1 aliphatic rings. The van der Waals surface area contributed by atoms with Crippen molar-refractivity contribution in [2.45, 2.75) is 42.7 Å². The van der Waals surface area contributed by atoms with Crippen molar-refractivity contribution >= 4 is 50.0 Å². The minimum atomic E-state index is -3.62. The smallest absolute Gasteiger partial charge is 0.337 e. The number of carbonyl (C=O) groups excluding carboxylic acids is 1. The average molecular weight is 672 g/mol. The van der Waals surface area contributed by atoms with Crippen molar-refractivity contribution in [2.24, 2.45) is 0 Å². The third-order valence-electron chi connectivity index (χ3n) is 7.83. The number of pyridine rings is 1. The molecule has 1 amide bonds. The number of fused-ring (bicyclic) bond motifs is 1. The predicted octanol–water partition coefficient (Wildman–Crippen LogP) is 7.30. The quantitative estimate of drug-likeness (QED) is 0.140. The van der Waals surface area contributed by atoms with E-state index in [0.29, 0.717) is 23.6 Å². The maximum Gasteiger partial charge on any atom is 0.337 e. The van der Waals surface area contributed by atoms with Crippen LogP contribution in [-0.4, -0.2) is 42.5 Å². The molecule has 240 valence electrons. The lowest BCUT2D eigenvalue weighted by molar-refractivity contribution is 0.0698. The third kappa shape index (κ3) is 7.89. The second-order valence-corrected chi connectivity index (χ2v) is 13.3. The number of nitrogens with one attached hydrogen (secondary N) is 2. The standard InChI is InChI=1S/C35H30ClN3O7S/c36-25-8-16-30(17-9-25)47(43,44)39-26-10-14-27(15-11-26)45-28-12-5-23-20-29(13-6-22(23)19-28)46-33-18-7-24(21-37-33)34(40)38-32-4-2-1-3-31(32)35(41)42/h1-9,12-13,16-21,26-27,39H,10-11,14-15H2,(H,38,40)(H,41,42). The van der Waals surface area contributed by atoms with Gasteiger partial charge in [0.1, 0.15) is 11.5 Å². The molecule has 1 heterocycles. The molecule has 47 heavy (non-hydrogen) atoms. The summed E-state index contributed by atoms with van der Waals surface area (Å²) in [7, 11) is -3.62. The number of sulfonamides is 1. The Morgan fingerprint density at radius 3 is 2.19 bits per heavy atom. The van der Waals surface area contributed by atoms with Crippen LogP contribution in [0.1, 0.15) is 46.4 Å². The van der Waals surface area contributed by atoms with Crippen LogP contribution in [0, 0.1) is 0 Å². The van der Waals surface area contributed by atoms with Gasteiger partial charge in [-0.1, -0.05) is 35.9 Å². The molecule has 0 radical (unpaired) electrons. The van der Waals surface area contributed by atoms with Crippen molar-refractivity contribution in [3.8, 4) is 17.4 Å². The first-order chi connectivity index (χ1) is 22.6. The number of anilines is 1. The summed E-state index contributed by atoms with van der Waals surface area (Å²) in [5, 5.41) is 14.3. The predicted molar refractivity (Wildman–Crippen MR) is 178 cm³/mol. The van der Waals surface area contributed by atoms with E-state index in [1.165, 1.54) is 30.5 Å². The van der Waals surface area contributed by atoms with Gasteiger partial charge in [-0.15, -0.1) is 0 Å². The van der Waals surface area contributed by atoms with E-state index in [0.717, 1.165) is 29.4 Å². The highest BCUT2D eigenvalue weighted by atomic mass is 35.5. The summed E-state index contributed by atoms with van der Waals surface area (Å²) in [4.78, 5) is 28.5. The zero-order chi connectivity index (χ0) is 33.0. The number of hydrogen-bond acceptors (Lipinski definition) is 7. The van der Waals surface area contributed by atoms with E-state index < -0.39 is 21.9 Å². The molecule has 0 spiro atoms. The molecule has 0 saturated heterocycles. The number of carboxylic acid groups (broad SMARTS) is 1. The van der Waals surface area contributed by atoms with Crippen LogP contribution in [0.3, 0.4) is 0 Å². The van der Waals surface area contributed by atoms with Crippen LogP contribution in [0.25, 0.3) is 10.8 Å². The Morgan fingerprint density at radius 1 is 0.830 bits per heavy atom. The van der Waals surface area contributed by atoms with E-state index in [1.54, 1.807) is 36.4 Å². The fraction of sp³-hybridized carbons (Fsp3) is 0.171. The SMILES string of the molecule is O=C(Nc1ccccc1C(=O)O)c1ccc(Oc2ccc3cc(OC4CCC(NS(=O)(=O)c5ccc(Cl)cc5)CC4)ccc3c2)nc1. The minimum Gasteiger partial charge on any atom is -0.490 e. The van der Waals surface area contributed by atoms with Gasteiger partial charge in [-0.2, -0.15) is 0 Å².